The summed E-state index contributed by atoms with van der Waals surface area (Å²) in [6.45, 7) is 1.33. The van der Waals surface area contributed by atoms with Crippen molar-refractivity contribution >= 4 is 23.0 Å². The molecule has 0 unspecified atom stereocenters. The number of nitrogens with zero attached hydrogens (tertiary/aromatic N) is 3. The average molecular weight is 409 g/mol. The van der Waals surface area contributed by atoms with E-state index in [0.717, 1.165) is 36.9 Å². The van der Waals surface area contributed by atoms with Crippen LogP contribution in [0.4, 0.5) is 20.2 Å². The summed E-state index contributed by atoms with van der Waals surface area (Å²) in [5, 5.41) is 14.0. The maximum absolute atomic E-state index is 13.1. The molecule has 0 radical (unpaired) electrons. The van der Waals surface area contributed by atoms with Gasteiger partial charge in [0.15, 0.2) is 0 Å². The zero-order valence-electron chi connectivity index (χ0n) is 15.6. The standard InChI is InChI=1S/C20H23ClF2N4O/c1-19(28)6-4-13(5-7-19)26-17-8-18(21)25-10-15(17)16-3-2-14(9-24-16)27-11-20(22,23)12-27/h2-3,8-10,13,28H,4-7,11-12H2,1H3,(H,25,26). The number of halogens is 3. The van der Waals surface area contributed by atoms with Crippen molar-refractivity contribution in [3.8, 4) is 11.3 Å². The van der Waals surface area contributed by atoms with Gasteiger partial charge in [-0.05, 0) is 50.8 Å². The number of hydrogen-bond donors (Lipinski definition) is 2. The maximum Gasteiger partial charge on any atom is 0.282 e. The predicted molar refractivity (Wildman–Crippen MR) is 106 cm³/mol. The molecule has 1 saturated carbocycles. The van der Waals surface area contributed by atoms with E-state index in [0.29, 0.717) is 16.5 Å². The molecule has 0 aromatic carbocycles. The molecule has 1 aliphatic heterocycles. The third kappa shape index (κ3) is 4.20. The van der Waals surface area contributed by atoms with Crippen LogP contribution in [0.2, 0.25) is 5.15 Å². The third-order valence-corrected chi connectivity index (χ3v) is 5.73. The van der Waals surface area contributed by atoms with E-state index in [1.54, 1.807) is 29.4 Å². The summed E-state index contributed by atoms with van der Waals surface area (Å²) in [7, 11) is 0. The minimum Gasteiger partial charge on any atom is -0.390 e. The topological polar surface area (TPSA) is 61.3 Å². The largest absolute Gasteiger partial charge is 0.390 e. The highest BCUT2D eigenvalue weighted by Gasteiger charge is 2.44. The molecule has 2 fully saturated rings. The molecule has 3 heterocycles. The number of nitrogens with one attached hydrogen (secondary N) is 1. The molecular formula is C20H23ClF2N4O. The fourth-order valence-electron chi connectivity index (χ4n) is 3.78. The van der Waals surface area contributed by atoms with Crippen molar-refractivity contribution in [3.63, 3.8) is 0 Å². The van der Waals surface area contributed by atoms with Crippen molar-refractivity contribution < 1.29 is 13.9 Å². The molecule has 4 rings (SSSR count). The third-order valence-electron chi connectivity index (χ3n) is 5.53. The van der Waals surface area contributed by atoms with Crippen LogP contribution in [0.1, 0.15) is 32.6 Å². The fourth-order valence-corrected chi connectivity index (χ4v) is 3.94. The Hall–Kier alpha value is -1.99. The lowest BCUT2D eigenvalue weighted by atomic mass is 9.83. The monoisotopic (exact) mass is 408 g/mol. The van der Waals surface area contributed by atoms with Crippen molar-refractivity contribution in [2.24, 2.45) is 0 Å². The van der Waals surface area contributed by atoms with Gasteiger partial charge in [-0.2, -0.15) is 0 Å². The number of anilines is 2. The Labute approximate surface area is 167 Å². The average Bonchev–Trinajstić information content (AvgIpc) is 2.62. The van der Waals surface area contributed by atoms with Crippen LogP contribution in [0, 0.1) is 0 Å². The van der Waals surface area contributed by atoms with E-state index in [9.17, 15) is 13.9 Å². The lowest BCUT2D eigenvalue weighted by molar-refractivity contribution is -0.0262. The molecule has 2 aromatic rings. The Morgan fingerprint density at radius 1 is 1.18 bits per heavy atom. The van der Waals surface area contributed by atoms with E-state index in [1.807, 2.05) is 13.0 Å². The SMILES string of the molecule is CC1(O)CCC(Nc2cc(Cl)ncc2-c2ccc(N3CC(F)(F)C3)cn2)CC1. The quantitative estimate of drug-likeness (QED) is 0.736. The van der Waals surface area contributed by atoms with Crippen molar-refractivity contribution in [2.45, 2.75) is 50.2 Å². The van der Waals surface area contributed by atoms with Crippen LogP contribution in [0.25, 0.3) is 11.3 Å². The second kappa shape index (κ2) is 7.12. The molecule has 2 aliphatic rings. The van der Waals surface area contributed by atoms with E-state index >= 15 is 0 Å². The van der Waals surface area contributed by atoms with Crippen molar-refractivity contribution in [2.75, 3.05) is 23.3 Å². The Morgan fingerprint density at radius 3 is 2.50 bits per heavy atom. The zero-order chi connectivity index (χ0) is 19.9. The van der Waals surface area contributed by atoms with Crippen molar-refractivity contribution in [3.05, 3.63) is 35.7 Å². The van der Waals surface area contributed by atoms with Gasteiger partial charge in [0.25, 0.3) is 5.92 Å². The summed E-state index contributed by atoms with van der Waals surface area (Å²) in [5.41, 5.74) is 2.43. The number of rotatable bonds is 4. The fraction of sp³-hybridized carbons (Fsp3) is 0.500. The van der Waals surface area contributed by atoms with Crippen LogP contribution < -0.4 is 10.2 Å². The molecule has 0 bridgehead atoms. The number of aliphatic hydroxyl groups is 1. The summed E-state index contributed by atoms with van der Waals surface area (Å²) in [6, 6.07) is 5.62. The van der Waals surface area contributed by atoms with Crippen molar-refractivity contribution in [1.82, 2.24) is 9.97 Å². The van der Waals surface area contributed by atoms with Crippen LogP contribution in [0.5, 0.6) is 0 Å². The highest BCUT2D eigenvalue weighted by Crippen LogP contribution is 2.35. The van der Waals surface area contributed by atoms with Crippen molar-refractivity contribution in [1.29, 1.82) is 0 Å². The Balaban J connectivity index is 1.52. The van der Waals surface area contributed by atoms with E-state index in [-0.39, 0.29) is 19.1 Å². The van der Waals surface area contributed by atoms with Crippen LogP contribution in [0.15, 0.2) is 30.6 Å². The van der Waals surface area contributed by atoms with Crippen LogP contribution in [-0.2, 0) is 0 Å². The molecule has 8 heteroatoms. The second-order valence-corrected chi connectivity index (χ2v) is 8.47. The number of hydrogen-bond acceptors (Lipinski definition) is 5. The summed E-state index contributed by atoms with van der Waals surface area (Å²) in [6.07, 6.45) is 6.49. The summed E-state index contributed by atoms with van der Waals surface area (Å²) in [4.78, 5) is 10.2. The molecule has 1 aliphatic carbocycles. The van der Waals surface area contributed by atoms with Gasteiger partial charge in [0.05, 0.1) is 36.3 Å². The first-order chi connectivity index (χ1) is 13.2. The molecule has 28 heavy (non-hydrogen) atoms. The summed E-state index contributed by atoms with van der Waals surface area (Å²) < 4.78 is 26.1. The Kier molecular flexibility index (Phi) is 4.91. The van der Waals surface area contributed by atoms with E-state index in [4.69, 9.17) is 11.6 Å². The first kappa shape index (κ1) is 19.3. The van der Waals surface area contributed by atoms with E-state index in [1.165, 1.54) is 0 Å². The van der Waals surface area contributed by atoms with Gasteiger partial charge in [0.2, 0.25) is 0 Å². The van der Waals surface area contributed by atoms with Crippen LogP contribution in [0.3, 0.4) is 0 Å². The van der Waals surface area contributed by atoms with Gasteiger partial charge in [-0.3, -0.25) is 4.98 Å². The molecule has 2 N–H and O–H groups in total. The zero-order valence-corrected chi connectivity index (χ0v) is 16.4. The van der Waals surface area contributed by atoms with Gasteiger partial charge in [-0.25, -0.2) is 13.8 Å². The first-order valence-corrected chi connectivity index (χ1v) is 9.82. The van der Waals surface area contributed by atoms with Gasteiger partial charge < -0.3 is 15.3 Å². The Bertz CT molecular complexity index is 842. The van der Waals surface area contributed by atoms with Gasteiger partial charge >= 0.3 is 0 Å². The van der Waals surface area contributed by atoms with Gasteiger partial charge in [0, 0.05) is 23.5 Å². The molecule has 0 atom stereocenters. The molecule has 1 saturated heterocycles. The Morgan fingerprint density at radius 2 is 1.89 bits per heavy atom. The number of pyridine rings is 2. The molecule has 150 valence electrons. The van der Waals surface area contributed by atoms with Gasteiger partial charge in [-0.15, -0.1) is 0 Å². The van der Waals surface area contributed by atoms with Crippen LogP contribution >= 0.6 is 11.6 Å². The minimum absolute atomic E-state index is 0.236. The normalized spacial score (nSPS) is 26.6. The molecular weight excluding hydrogens is 386 g/mol. The first-order valence-electron chi connectivity index (χ1n) is 9.44. The summed E-state index contributed by atoms with van der Waals surface area (Å²) >= 11 is 6.10. The second-order valence-electron chi connectivity index (χ2n) is 8.08. The minimum atomic E-state index is -2.61. The highest BCUT2D eigenvalue weighted by atomic mass is 35.5. The number of alkyl halides is 2. The number of aromatic nitrogens is 2. The predicted octanol–water partition coefficient (Wildman–Crippen LogP) is 4.36. The van der Waals surface area contributed by atoms with Crippen LogP contribution in [-0.4, -0.2) is 45.7 Å². The van der Waals surface area contributed by atoms with Gasteiger partial charge in [-0.1, -0.05) is 11.6 Å². The lowest BCUT2D eigenvalue weighted by Gasteiger charge is -2.40. The highest BCUT2D eigenvalue weighted by molar-refractivity contribution is 6.29. The van der Waals surface area contributed by atoms with Gasteiger partial charge in [0.1, 0.15) is 5.15 Å². The van der Waals surface area contributed by atoms with E-state index in [2.05, 4.69) is 15.3 Å². The molecule has 5 nitrogen and oxygen atoms in total. The maximum atomic E-state index is 13.1. The molecule has 2 aromatic heterocycles. The summed E-state index contributed by atoms with van der Waals surface area (Å²) in [5.74, 6) is -2.61. The smallest absolute Gasteiger partial charge is 0.282 e. The molecule has 0 amide bonds. The lowest BCUT2D eigenvalue weighted by Crippen LogP contribution is -2.56. The van der Waals surface area contributed by atoms with E-state index < -0.39 is 11.5 Å². The molecule has 0 spiro atoms.